The largest absolute Gasteiger partial charge is 0.453 e. The Morgan fingerprint density at radius 3 is 2.57 bits per heavy atom. The van der Waals surface area contributed by atoms with Gasteiger partial charge in [0.2, 0.25) is 5.91 Å². The first-order valence-electron chi connectivity index (χ1n) is 9.34. The van der Waals surface area contributed by atoms with Crippen LogP contribution in [0.5, 0.6) is 0 Å². The summed E-state index contributed by atoms with van der Waals surface area (Å²) in [5.41, 5.74) is 1.83. The second-order valence-corrected chi connectivity index (χ2v) is 8.05. The predicted molar refractivity (Wildman–Crippen MR) is 108 cm³/mol. The number of benzene rings is 1. The third-order valence-corrected chi connectivity index (χ3v) is 5.99. The molecule has 0 spiro atoms. The molecule has 1 fully saturated rings. The maximum Gasteiger partial charge on any atom is 0.453 e. The van der Waals surface area contributed by atoms with E-state index < -0.39 is 12.0 Å². The van der Waals surface area contributed by atoms with Crippen LogP contribution in [0.1, 0.15) is 24.2 Å². The van der Waals surface area contributed by atoms with Crippen LogP contribution in [-0.4, -0.2) is 38.8 Å². The minimum absolute atomic E-state index is 0.0320. The lowest BCUT2D eigenvalue weighted by molar-refractivity contribution is -0.146. The highest BCUT2D eigenvalue weighted by molar-refractivity contribution is 9.10. The summed E-state index contributed by atoms with van der Waals surface area (Å²) in [6.07, 6.45) is -3.49. The molecule has 11 heteroatoms. The van der Waals surface area contributed by atoms with Crippen LogP contribution in [0.4, 0.5) is 24.7 Å². The summed E-state index contributed by atoms with van der Waals surface area (Å²) in [6, 6.07) is 8.71. The Kier molecular flexibility index (Phi) is 5.39. The number of nitrogens with one attached hydrogen (secondary N) is 1. The number of aromatic nitrogens is 4. The molecule has 1 aliphatic heterocycles. The molecule has 30 heavy (non-hydrogen) atoms. The van der Waals surface area contributed by atoms with E-state index in [-0.39, 0.29) is 17.5 Å². The van der Waals surface area contributed by atoms with Gasteiger partial charge in [-0.1, -0.05) is 22.0 Å². The quantitative estimate of drug-likeness (QED) is 0.608. The molecule has 1 amide bonds. The number of rotatable bonds is 3. The highest BCUT2D eigenvalue weighted by Gasteiger charge is 2.38. The zero-order chi connectivity index (χ0) is 21.5. The van der Waals surface area contributed by atoms with Gasteiger partial charge in [-0.2, -0.15) is 17.7 Å². The molecule has 0 bridgehead atoms. The number of halogens is 4. The van der Waals surface area contributed by atoms with E-state index in [4.69, 9.17) is 0 Å². The number of hydrogen-bond acceptors (Lipinski definition) is 5. The molecular weight excluding hydrogens is 465 g/mol. The molecule has 158 valence electrons. The minimum Gasteiger partial charge on any atom is -0.355 e. The molecule has 0 saturated carbocycles. The molecule has 1 aliphatic rings. The summed E-state index contributed by atoms with van der Waals surface area (Å²) >= 11 is 3.45. The molecule has 0 aliphatic carbocycles. The van der Waals surface area contributed by atoms with Gasteiger partial charge in [0.1, 0.15) is 5.82 Å². The third kappa shape index (κ3) is 4.11. The van der Waals surface area contributed by atoms with Gasteiger partial charge in [0, 0.05) is 29.2 Å². The fourth-order valence-electron chi connectivity index (χ4n) is 3.41. The fourth-order valence-corrected chi connectivity index (χ4v) is 3.79. The van der Waals surface area contributed by atoms with Crippen molar-refractivity contribution in [3.05, 3.63) is 46.2 Å². The van der Waals surface area contributed by atoms with Crippen molar-refractivity contribution in [3.8, 4) is 0 Å². The average Bonchev–Trinajstić information content (AvgIpc) is 3.14. The lowest BCUT2D eigenvalue weighted by Gasteiger charge is -2.32. The van der Waals surface area contributed by atoms with E-state index in [0.29, 0.717) is 36.3 Å². The van der Waals surface area contributed by atoms with Crippen LogP contribution in [0.3, 0.4) is 0 Å². The number of nitrogens with zero attached hydrogens (tertiary/aromatic N) is 5. The first-order valence-corrected chi connectivity index (χ1v) is 10.1. The van der Waals surface area contributed by atoms with Gasteiger partial charge in [-0.25, -0.2) is 0 Å². The summed E-state index contributed by atoms with van der Waals surface area (Å²) in [6.45, 7) is 2.99. The third-order valence-electron chi connectivity index (χ3n) is 5.13. The number of piperidine rings is 1. The van der Waals surface area contributed by atoms with Crippen LogP contribution < -0.4 is 10.2 Å². The van der Waals surface area contributed by atoms with Crippen LogP contribution >= 0.6 is 15.9 Å². The van der Waals surface area contributed by atoms with Gasteiger partial charge in [-0.05, 0) is 49.6 Å². The molecular formula is C19H18BrF3N6O. The lowest BCUT2D eigenvalue weighted by atomic mass is 9.96. The molecule has 1 aromatic carbocycles. The van der Waals surface area contributed by atoms with E-state index in [1.54, 1.807) is 6.07 Å². The second-order valence-electron chi connectivity index (χ2n) is 7.20. The van der Waals surface area contributed by atoms with Gasteiger partial charge >= 0.3 is 6.18 Å². The Balaban J connectivity index is 1.42. The molecule has 0 unspecified atom stereocenters. The smallest absolute Gasteiger partial charge is 0.355 e. The Hall–Kier alpha value is -2.69. The Morgan fingerprint density at radius 2 is 1.90 bits per heavy atom. The van der Waals surface area contributed by atoms with E-state index in [1.807, 2.05) is 30.0 Å². The average molecular weight is 483 g/mol. The number of fused-ring (bicyclic) bond motifs is 1. The summed E-state index contributed by atoms with van der Waals surface area (Å²) < 4.78 is 40.8. The van der Waals surface area contributed by atoms with Crippen LogP contribution in [0.25, 0.3) is 5.65 Å². The number of alkyl halides is 3. The van der Waals surface area contributed by atoms with Crippen molar-refractivity contribution in [3.63, 3.8) is 0 Å². The molecule has 1 saturated heterocycles. The van der Waals surface area contributed by atoms with E-state index >= 15 is 0 Å². The zero-order valence-corrected chi connectivity index (χ0v) is 17.5. The molecule has 0 atom stereocenters. The van der Waals surface area contributed by atoms with Gasteiger partial charge in [0.25, 0.3) is 5.82 Å². The fraction of sp³-hybridized carbons (Fsp3) is 0.368. The molecule has 4 rings (SSSR count). The van der Waals surface area contributed by atoms with Crippen molar-refractivity contribution < 1.29 is 18.0 Å². The highest BCUT2D eigenvalue weighted by Crippen LogP contribution is 2.29. The first kappa shape index (κ1) is 20.6. The van der Waals surface area contributed by atoms with Crippen molar-refractivity contribution in [2.24, 2.45) is 5.92 Å². The van der Waals surface area contributed by atoms with Crippen molar-refractivity contribution in [2.45, 2.75) is 25.9 Å². The van der Waals surface area contributed by atoms with Gasteiger partial charge < -0.3 is 10.2 Å². The number of carbonyl (C=O) groups excluding carboxylic acids is 1. The summed E-state index contributed by atoms with van der Waals surface area (Å²) in [5.74, 6) is -0.996. The minimum atomic E-state index is -4.64. The van der Waals surface area contributed by atoms with Gasteiger partial charge in [-0.15, -0.1) is 15.3 Å². The van der Waals surface area contributed by atoms with E-state index in [9.17, 15) is 18.0 Å². The molecule has 2 aromatic heterocycles. The van der Waals surface area contributed by atoms with Crippen LogP contribution in [0.2, 0.25) is 0 Å². The van der Waals surface area contributed by atoms with Crippen molar-refractivity contribution in [1.29, 1.82) is 0 Å². The predicted octanol–water partition coefficient (Wildman–Crippen LogP) is 4.07. The van der Waals surface area contributed by atoms with Gasteiger partial charge in [0.15, 0.2) is 5.65 Å². The first-order chi connectivity index (χ1) is 14.2. The standard InChI is InChI=1S/C19H18BrF3N6O/c1-11-2-3-13(10-14(11)20)24-17(30)12-6-8-28(9-7-12)16-5-4-15-25-26-18(19(21,22)23)29(15)27-16/h2-5,10,12H,6-9H2,1H3,(H,24,30). The maximum atomic E-state index is 13.1. The van der Waals surface area contributed by atoms with Crippen molar-refractivity contribution in [2.75, 3.05) is 23.3 Å². The molecule has 7 nitrogen and oxygen atoms in total. The SMILES string of the molecule is Cc1ccc(NC(=O)C2CCN(c3ccc4nnc(C(F)(F)F)n4n3)CC2)cc1Br. The Morgan fingerprint density at radius 1 is 1.17 bits per heavy atom. The highest BCUT2D eigenvalue weighted by atomic mass is 79.9. The molecule has 1 N–H and O–H groups in total. The van der Waals surface area contributed by atoms with Gasteiger partial charge in [-0.3, -0.25) is 4.79 Å². The van der Waals surface area contributed by atoms with Crippen molar-refractivity contribution in [1.82, 2.24) is 19.8 Å². The van der Waals surface area contributed by atoms with Gasteiger partial charge in [0.05, 0.1) is 0 Å². The van der Waals surface area contributed by atoms with E-state index in [0.717, 1.165) is 15.7 Å². The van der Waals surface area contributed by atoms with Crippen molar-refractivity contribution >= 4 is 39.0 Å². The monoisotopic (exact) mass is 482 g/mol. The number of amides is 1. The zero-order valence-electron chi connectivity index (χ0n) is 15.9. The number of aryl methyl sites for hydroxylation is 1. The summed E-state index contributed by atoms with van der Waals surface area (Å²) in [5, 5.41) is 13.7. The molecule has 3 aromatic rings. The normalized spacial score (nSPS) is 15.6. The van der Waals surface area contributed by atoms with Crippen LogP contribution in [-0.2, 0) is 11.0 Å². The van der Waals surface area contributed by atoms with Crippen LogP contribution in [0.15, 0.2) is 34.8 Å². The second kappa shape index (κ2) is 7.86. The number of carbonyl (C=O) groups is 1. The summed E-state index contributed by atoms with van der Waals surface area (Å²) in [4.78, 5) is 14.5. The lowest BCUT2D eigenvalue weighted by Crippen LogP contribution is -2.38. The number of hydrogen-bond donors (Lipinski definition) is 1. The molecule has 3 heterocycles. The topological polar surface area (TPSA) is 75.4 Å². The maximum absolute atomic E-state index is 13.1. The van der Waals surface area contributed by atoms with E-state index in [2.05, 4.69) is 36.5 Å². The van der Waals surface area contributed by atoms with E-state index in [1.165, 1.54) is 6.07 Å². The Bertz CT molecular complexity index is 1090. The summed E-state index contributed by atoms with van der Waals surface area (Å²) in [7, 11) is 0. The number of anilines is 2. The Labute approximate surface area is 178 Å². The molecule has 0 radical (unpaired) electrons. The van der Waals surface area contributed by atoms with Crippen LogP contribution in [0, 0.1) is 12.8 Å².